The Bertz CT molecular complexity index is 353. The third-order valence-corrected chi connectivity index (χ3v) is 2.50. The molecule has 0 aliphatic rings. The molecule has 4 heteroatoms. The molecule has 0 unspecified atom stereocenters. The molecular formula is C12H17BrN2O. The van der Waals surface area contributed by atoms with Crippen LogP contribution in [-0.4, -0.2) is 30.2 Å². The number of halogens is 1. The molecule has 0 bridgehead atoms. The van der Waals surface area contributed by atoms with Crippen LogP contribution in [0.25, 0.3) is 0 Å². The summed E-state index contributed by atoms with van der Waals surface area (Å²) in [5.41, 5.74) is 2.04. The van der Waals surface area contributed by atoms with E-state index in [1.54, 1.807) is 0 Å². The van der Waals surface area contributed by atoms with Gasteiger partial charge < -0.3 is 10.2 Å². The second kappa shape index (κ2) is 6.66. The highest BCUT2D eigenvalue weighted by atomic mass is 79.9. The van der Waals surface area contributed by atoms with E-state index in [-0.39, 0.29) is 5.91 Å². The second-order valence-electron chi connectivity index (χ2n) is 3.88. The Morgan fingerprint density at radius 2 is 2.06 bits per heavy atom. The van der Waals surface area contributed by atoms with Crippen LogP contribution in [0.1, 0.15) is 12.0 Å². The van der Waals surface area contributed by atoms with Crippen LogP contribution in [0.4, 0.5) is 5.69 Å². The lowest BCUT2D eigenvalue weighted by Crippen LogP contribution is -2.16. The number of hydrogen-bond acceptors (Lipinski definition) is 2. The average molecular weight is 285 g/mol. The fourth-order valence-corrected chi connectivity index (χ4v) is 1.78. The van der Waals surface area contributed by atoms with Gasteiger partial charge in [-0.25, -0.2) is 0 Å². The number of nitrogens with one attached hydrogen (secondary N) is 1. The molecule has 0 saturated heterocycles. The Kier molecular flexibility index (Phi) is 5.49. The van der Waals surface area contributed by atoms with Crippen molar-refractivity contribution in [2.45, 2.75) is 13.0 Å². The fourth-order valence-electron chi connectivity index (χ4n) is 1.42. The summed E-state index contributed by atoms with van der Waals surface area (Å²) in [6.07, 6.45) is 0.496. The number of rotatable bonds is 5. The first-order chi connectivity index (χ1) is 7.63. The van der Waals surface area contributed by atoms with E-state index in [1.165, 1.54) is 0 Å². The van der Waals surface area contributed by atoms with Crippen molar-refractivity contribution in [3.8, 4) is 0 Å². The zero-order valence-corrected chi connectivity index (χ0v) is 11.3. The largest absolute Gasteiger partial charge is 0.326 e. The zero-order chi connectivity index (χ0) is 12.0. The van der Waals surface area contributed by atoms with Gasteiger partial charge in [0.15, 0.2) is 0 Å². The van der Waals surface area contributed by atoms with E-state index in [9.17, 15) is 4.79 Å². The number of benzene rings is 1. The molecule has 0 fully saturated rings. The van der Waals surface area contributed by atoms with E-state index in [1.807, 2.05) is 38.4 Å². The van der Waals surface area contributed by atoms with E-state index >= 15 is 0 Å². The number of carbonyl (C=O) groups excluding carboxylic acids is 1. The van der Waals surface area contributed by atoms with E-state index in [0.717, 1.165) is 17.8 Å². The molecule has 1 aromatic carbocycles. The maximum Gasteiger partial charge on any atom is 0.225 e. The zero-order valence-electron chi connectivity index (χ0n) is 9.66. The minimum atomic E-state index is 0.0445. The summed E-state index contributed by atoms with van der Waals surface area (Å²) in [6, 6.07) is 7.89. The smallest absolute Gasteiger partial charge is 0.225 e. The third-order valence-electron chi connectivity index (χ3n) is 2.10. The lowest BCUT2D eigenvalue weighted by molar-refractivity contribution is -0.115. The standard InChI is InChI=1S/C12H17BrN2O/c1-15(2)9-10-5-3-4-6-11(10)14-12(16)7-8-13/h3-6H,7-9H2,1-2H3,(H,14,16). The van der Waals surface area contributed by atoms with Crippen molar-refractivity contribution in [3.05, 3.63) is 29.8 Å². The maximum absolute atomic E-state index is 11.5. The van der Waals surface area contributed by atoms with Crippen molar-refractivity contribution in [2.75, 3.05) is 24.7 Å². The summed E-state index contributed by atoms with van der Waals surface area (Å²) in [4.78, 5) is 13.6. The van der Waals surface area contributed by atoms with Crippen LogP contribution >= 0.6 is 15.9 Å². The summed E-state index contributed by atoms with van der Waals surface area (Å²) >= 11 is 3.25. The molecular weight excluding hydrogens is 268 g/mol. The highest BCUT2D eigenvalue weighted by Crippen LogP contribution is 2.16. The monoisotopic (exact) mass is 284 g/mol. The summed E-state index contributed by atoms with van der Waals surface area (Å²) in [5, 5.41) is 3.61. The summed E-state index contributed by atoms with van der Waals surface area (Å²) in [6.45, 7) is 0.824. The van der Waals surface area contributed by atoms with E-state index in [0.29, 0.717) is 11.8 Å². The van der Waals surface area contributed by atoms with Gasteiger partial charge in [0.25, 0.3) is 0 Å². The molecule has 0 aromatic heterocycles. The van der Waals surface area contributed by atoms with Crippen LogP contribution < -0.4 is 5.32 Å². The van der Waals surface area contributed by atoms with E-state index in [2.05, 4.69) is 26.1 Å². The quantitative estimate of drug-likeness (QED) is 0.843. The molecule has 88 valence electrons. The van der Waals surface area contributed by atoms with Gasteiger partial charge in [0, 0.05) is 24.0 Å². The van der Waals surface area contributed by atoms with E-state index in [4.69, 9.17) is 0 Å². The second-order valence-corrected chi connectivity index (χ2v) is 4.68. The van der Waals surface area contributed by atoms with Crippen LogP contribution in [0.5, 0.6) is 0 Å². The Morgan fingerprint density at radius 3 is 2.69 bits per heavy atom. The van der Waals surface area contributed by atoms with Crippen LogP contribution in [0.15, 0.2) is 24.3 Å². The minimum absolute atomic E-state index is 0.0445. The van der Waals surface area contributed by atoms with Gasteiger partial charge in [-0.3, -0.25) is 4.79 Å². The average Bonchev–Trinajstić information content (AvgIpc) is 2.20. The lowest BCUT2D eigenvalue weighted by atomic mass is 10.1. The molecule has 0 spiro atoms. The van der Waals surface area contributed by atoms with Gasteiger partial charge in [0.2, 0.25) is 5.91 Å². The molecule has 0 radical (unpaired) electrons. The predicted molar refractivity (Wildman–Crippen MR) is 70.9 cm³/mol. The Hall–Kier alpha value is -0.870. The molecule has 0 saturated carbocycles. The van der Waals surface area contributed by atoms with Crippen LogP contribution in [-0.2, 0) is 11.3 Å². The van der Waals surface area contributed by atoms with Crippen LogP contribution in [0.3, 0.4) is 0 Å². The van der Waals surface area contributed by atoms with Crippen molar-refractivity contribution in [3.63, 3.8) is 0 Å². The SMILES string of the molecule is CN(C)Cc1ccccc1NC(=O)CCBr. The van der Waals surface area contributed by atoms with Gasteiger partial charge in [0.05, 0.1) is 0 Å². The van der Waals surface area contributed by atoms with Crippen molar-refractivity contribution in [1.29, 1.82) is 0 Å². The minimum Gasteiger partial charge on any atom is -0.326 e. The van der Waals surface area contributed by atoms with Crippen molar-refractivity contribution in [2.24, 2.45) is 0 Å². The summed E-state index contributed by atoms with van der Waals surface area (Å²) in [7, 11) is 4.02. The molecule has 0 aliphatic heterocycles. The summed E-state index contributed by atoms with van der Waals surface area (Å²) < 4.78 is 0. The highest BCUT2D eigenvalue weighted by molar-refractivity contribution is 9.09. The molecule has 1 amide bonds. The molecule has 16 heavy (non-hydrogen) atoms. The normalized spacial score (nSPS) is 10.5. The number of carbonyl (C=O) groups is 1. The predicted octanol–water partition coefficient (Wildman–Crippen LogP) is 2.47. The lowest BCUT2D eigenvalue weighted by Gasteiger charge is -2.14. The first kappa shape index (κ1) is 13.2. The number of nitrogens with zero attached hydrogens (tertiary/aromatic N) is 1. The fraction of sp³-hybridized carbons (Fsp3) is 0.417. The van der Waals surface area contributed by atoms with Gasteiger partial charge in [0.1, 0.15) is 0 Å². The summed E-state index contributed by atoms with van der Waals surface area (Å²) in [5.74, 6) is 0.0445. The molecule has 0 aliphatic carbocycles. The van der Waals surface area contributed by atoms with Crippen molar-refractivity contribution >= 4 is 27.5 Å². The molecule has 1 N–H and O–H groups in total. The molecule has 1 rings (SSSR count). The van der Waals surface area contributed by atoms with E-state index < -0.39 is 0 Å². The molecule has 0 heterocycles. The third kappa shape index (κ3) is 4.33. The Labute approximate surface area is 105 Å². The molecule has 1 aromatic rings. The number of anilines is 1. The number of alkyl halides is 1. The molecule has 0 atom stereocenters. The van der Waals surface area contributed by atoms with Crippen molar-refractivity contribution in [1.82, 2.24) is 4.90 Å². The van der Waals surface area contributed by atoms with Gasteiger partial charge in [-0.05, 0) is 25.7 Å². The van der Waals surface area contributed by atoms with Gasteiger partial charge in [-0.15, -0.1) is 0 Å². The van der Waals surface area contributed by atoms with Crippen molar-refractivity contribution < 1.29 is 4.79 Å². The number of para-hydroxylation sites is 1. The maximum atomic E-state index is 11.5. The Morgan fingerprint density at radius 1 is 1.38 bits per heavy atom. The topological polar surface area (TPSA) is 32.3 Å². The first-order valence-corrected chi connectivity index (χ1v) is 6.34. The van der Waals surface area contributed by atoms with Gasteiger partial charge in [-0.1, -0.05) is 34.1 Å². The van der Waals surface area contributed by atoms with Crippen LogP contribution in [0.2, 0.25) is 0 Å². The van der Waals surface area contributed by atoms with Gasteiger partial charge >= 0.3 is 0 Å². The number of hydrogen-bond donors (Lipinski definition) is 1. The van der Waals surface area contributed by atoms with Crippen LogP contribution in [0, 0.1) is 0 Å². The Balaban J connectivity index is 2.74. The number of amides is 1. The highest BCUT2D eigenvalue weighted by Gasteiger charge is 2.06. The first-order valence-electron chi connectivity index (χ1n) is 5.22. The molecule has 3 nitrogen and oxygen atoms in total. The van der Waals surface area contributed by atoms with Gasteiger partial charge in [-0.2, -0.15) is 0 Å².